The van der Waals surface area contributed by atoms with Crippen LogP contribution in [0.25, 0.3) is 0 Å². The van der Waals surface area contributed by atoms with Gasteiger partial charge >= 0.3 is 0 Å². The lowest BCUT2D eigenvalue weighted by atomic mass is 9.47. The van der Waals surface area contributed by atoms with E-state index < -0.39 is 6.04 Å². The first-order chi connectivity index (χ1) is 14.9. The van der Waals surface area contributed by atoms with Crippen LogP contribution in [-0.2, 0) is 4.79 Å². The van der Waals surface area contributed by atoms with Gasteiger partial charge in [-0.15, -0.1) is 0 Å². The van der Waals surface area contributed by atoms with E-state index in [-0.39, 0.29) is 17.2 Å². The minimum Gasteiger partial charge on any atom is -0.340 e. The van der Waals surface area contributed by atoms with Gasteiger partial charge in [0.1, 0.15) is 6.04 Å². The van der Waals surface area contributed by atoms with Crippen LogP contribution in [0.4, 0.5) is 5.69 Å². The van der Waals surface area contributed by atoms with E-state index in [1.54, 1.807) is 0 Å². The molecule has 31 heavy (non-hydrogen) atoms. The largest absolute Gasteiger partial charge is 0.340 e. The first-order valence-corrected chi connectivity index (χ1v) is 11.7. The Kier molecular flexibility index (Phi) is 5.11. The number of carbonyl (C=O) groups excluding carboxylic acids is 2. The lowest BCUT2D eigenvalue weighted by Crippen LogP contribution is -2.61. The molecule has 0 unspecified atom stereocenters. The average molecular weight is 417 g/mol. The summed E-state index contributed by atoms with van der Waals surface area (Å²) >= 11 is 0. The molecule has 4 aliphatic rings. The summed E-state index contributed by atoms with van der Waals surface area (Å²) in [5.74, 6) is 1.89. The SMILES string of the molecule is Cc1ccc(NC(=O)[C@H](NC(=O)c2ccc(C)cc2)C23CC4CC(CC(C4)C2)C3)cc1. The van der Waals surface area contributed by atoms with Gasteiger partial charge in [-0.25, -0.2) is 0 Å². The van der Waals surface area contributed by atoms with Crippen molar-refractivity contribution in [2.75, 3.05) is 5.32 Å². The van der Waals surface area contributed by atoms with Gasteiger partial charge in [0, 0.05) is 16.7 Å². The Morgan fingerprint density at radius 3 is 1.81 bits per heavy atom. The van der Waals surface area contributed by atoms with Gasteiger partial charge in [0.05, 0.1) is 0 Å². The lowest BCUT2D eigenvalue weighted by molar-refractivity contribution is -0.129. The third-order valence-electron chi connectivity index (χ3n) is 7.87. The summed E-state index contributed by atoms with van der Waals surface area (Å²) in [6.45, 7) is 4.04. The smallest absolute Gasteiger partial charge is 0.251 e. The van der Waals surface area contributed by atoms with Crippen LogP contribution in [0.1, 0.15) is 60.0 Å². The summed E-state index contributed by atoms with van der Waals surface area (Å²) in [6.07, 6.45) is 7.07. The molecule has 4 saturated carbocycles. The summed E-state index contributed by atoms with van der Waals surface area (Å²) in [5, 5.41) is 6.30. The molecule has 0 radical (unpaired) electrons. The number of carbonyl (C=O) groups is 2. The Bertz CT molecular complexity index is 942. The minimum absolute atomic E-state index is 0.0775. The number of hydrogen-bond acceptors (Lipinski definition) is 2. The third kappa shape index (κ3) is 4.00. The van der Waals surface area contributed by atoms with Crippen molar-refractivity contribution in [3.05, 3.63) is 65.2 Å². The third-order valence-corrected chi connectivity index (χ3v) is 7.87. The van der Waals surface area contributed by atoms with Crippen LogP contribution in [-0.4, -0.2) is 17.9 Å². The predicted octanol–water partition coefficient (Wildman–Crippen LogP) is 5.26. The molecule has 2 aromatic carbocycles. The molecular formula is C27H32N2O2. The molecule has 4 aliphatic carbocycles. The van der Waals surface area contributed by atoms with E-state index in [2.05, 4.69) is 10.6 Å². The van der Waals surface area contributed by atoms with E-state index >= 15 is 0 Å². The number of benzene rings is 2. The summed E-state index contributed by atoms with van der Waals surface area (Å²) in [6, 6.07) is 15.0. The second-order valence-corrected chi connectivity index (χ2v) is 10.4. The van der Waals surface area contributed by atoms with E-state index in [9.17, 15) is 9.59 Å². The number of nitrogens with one attached hydrogen (secondary N) is 2. The van der Waals surface area contributed by atoms with Crippen molar-refractivity contribution in [1.29, 1.82) is 0 Å². The quantitative estimate of drug-likeness (QED) is 0.699. The molecule has 4 bridgehead atoms. The second kappa shape index (κ2) is 7.81. The van der Waals surface area contributed by atoms with Gasteiger partial charge in [0.15, 0.2) is 0 Å². The Balaban J connectivity index is 1.43. The van der Waals surface area contributed by atoms with Crippen molar-refractivity contribution in [3.8, 4) is 0 Å². The fraction of sp³-hybridized carbons (Fsp3) is 0.481. The molecule has 2 aromatic rings. The molecule has 1 atom stereocenters. The monoisotopic (exact) mass is 416 g/mol. The first-order valence-electron chi connectivity index (χ1n) is 11.7. The summed E-state index contributed by atoms with van der Waals surface area (Å²) < 4.78 is 0. The van der Waals surface area contributed by atoms with Crippen LogP contribution in [0.5, 0.6) is 0 Å². The molecule has 6 rings (SSSR count). The first kappa shape index (κ1) is 20.3. The number of amides is 2. The molecule has 2 N–H and O–H groups in total. The van der Waals surface area contributed by atoms with Gasteiger partial charge in [0.25, 0.3) is 5.91 Å². The van der Waals surface area contributed by atoms with Gasteiger partial charge < -0.3 is 10.6 Å². The number of anilines is 1. The highest BCUT2D eigenvalue weighted by molar-refractivity contribution is 6.01. The predicted molar refractivity (Wildman–Crippen MR) is 123 cm³/mol. The molecule has 0 spiro atoms. The molecule has 4 heteroatoms. The highest BCUT2D eigenvalue weighted by Crippen LogP contribution is 2.61. The zero-order valence-corrected chi connectivity index (χ0v) is 18.5. The van der Waals surface area contributed by atoms with Gasteiger partial charge in [-0.1, -0.05) is 35.4 Å². The Labute approximate surface area is 184 Å². The van der Waals surface area contributed by atoms with Crippen LogP contribution >= 0.6 is 0 Å². The van der Waals surface area contributed by atoms with Gasteiger partial charge in [-0.3, -0.25) is 9.59 Å². The number of hydrogen-bond donors (Lipinski definition) is 2. The van der Waals surface area contributed by atoms with Crippen LogP contribution in [0.2, 0.25) is 0 Å². The lowest BCUT2D eigenvalue weighted by Gasteiger charge is -2.58. The zero-order valence-electron chi connectivity index (χ0n) is 18.5. The molecule has 0 heterocycles. The topological polar surface area (TPSA) is 58.2 Å². The Morgan fingerprint density at radius 2 is 1.29 bits per heavy atom. The second-order valence-electron chi connectivity index (χ2n) is 10.4. The van der Waals surface area contributed by atoms with E-state index in [1.807, 2.05) is 62.4 Å². The fourth-order valence-electron chi connectivity index (χ4n) is 6.80. The van der Waals surface area contributed by atoms with Crippen molar-refractivity contribution >= 4 is 17.5 Å². The van der Waals surface area contributed by atoms with Crippen LogP contribution < -0.4 is 10.6 Å². The Morgan fingerprint density at radius 1 is 0.806 bits per heavy atom. The summed E-state index contributed by atoms with van der Waals surface area (Å²) in [7, 11) is 0. The van der Waals surface area contributed by atoms with Gasteiger partial charge in [-0.2, -0.15) is 0 Å². The van der Waals surface area contributed by atoms with Crippen LogP contribution in [0.3, 0.4) is 0 Å². The standard InChI is InChI=1S/C27H32N2O2/c1-17-3-7-22(8-4-17)25(30)29-24(26(31)28-23-9-5-18(2)6-10-23)27-14-19-11-20(15-27)13-21(12-19)16-27/h3-10,19-21,24H,11-16H2,1-2H3,(H,28,31)(H,29,30)/t19?,20?,21?,24-,27?/m0/s1. The van der Waals surface area contributed by atoms with Gasteiger partial charge in [0.2, 0.25) is 5.91 Å². The minimum atomic E-state index is -0.504. The molecule has 0 aromatic heterocycles. The van der Waals surface area contributed by atoms with Crippen LogP contribution in [0.15, 0.2) is 48.5 Å². The van der Waals surface area contributed by atoms with Gasteiger partial charge in [-0.05, 0) is 94.4 Å². The van der Waals surface area contributed by atoms with Crippen molar-refractivity contribution < 1.29 is 9.59 Å². The molecule has 0 aliphatic heterocycles. The maximum Gasteiger partial charge on any atom is 0.251 e. The molecule has 0 saturated heterocycles. The summed E-state index contributed by atoms with van der Waals surface area (Å²) in [4.78, 5) is 26.8. The highest BCUT2D eigenvalue weighted by atomic mass is 16.2. The molecular weight excluding hydrogens is 384 g/mol. The normalized spacial score (nSPS) is 29.4. The average Bonchev–Trinajstić information content (AvgIpc) is 2.73. The van der Waals surface area contributed by atoms with E-state index in [1.165, 1.54) is 19.3 Å². The molecule has 4 fully saturated rings. The maximum atomic E-state index is 13.6. The van der Waals surface area contributed by atoms with E-state index in [4.69, 9.17) is 0 Å². The maximum absolute atomic E-state index is 13.6. The zero-order chi connectivity index (χ0) is 21.6. The highest BCUT2D eigenvalue weighted by Gasteiger charge is 2.56. The van der Waals surface area contributed by atoms with Crippen molar-refractivity contribution in [2.24, 2.45) is 23.2 Å². The van der Waals surface area contributed by atoms with Crippen LogP contribution in [0, 0.1) is 37.0 Å². The number of rotatable bonds is 5. The van der Waals surface area contributed by atoms with E-state index in [0.717, 1.165) is 36.1 Å². The van der Waals surface area contributed by atoms with Crippen molar-refractivity contribution in [2.45, 2.75) is 58.4 Å². The fourth-order valence-corrected chi connectivity index (χ4v) is 6.80. The molecule has 2 amide bonds. The molecule has 162 valence electrons. The van der Waals surface area contributed by atoms with Crippen molar-refractivity contribution in [3.63, 3.8) is 0 Å². The van der Waals surface area contributed by atoms with E-state index in [0.29, 0.717) is 23.3 Å². The Hall–Kier alpha value is -2.62. The van der Waals surface area contributed by atoms with Crippen molar-refractivity contribution in [1.82, 2.24) is 5.32 Å². The summed E-state index contributed by atoms with van der Waals surface area (Å²) in [5.41, 5.74) is 3.55. The molecule has 4 nitrogen and oxygen atoms in total. The number of aryl methyl sites for hydroxylation is 2.